The second-order valence-electron chi connectivity index (χ2n) is 5.76. The fraction of sp³-hybridized carbons (Fsp3) is 0.750. The lowest BCUT2D eigenvalue weighted by atomic mass is 10.2. The van der Waals surface area contributed by atoms with Crippen LogP contribution in [0, 0.1) is 12.8 Å². The fourth-order valence-electron chi connectivity index (χ4n) is 2.26. The first-order valence-electron chi connectivity index (χ1n) is 8.05. The number of aromatic nitrogens is 2. The number of hydrogen-bond donors (Lipinski definition) is 1. The molecule has 0 aromatic carbocycles. The molecule has 1 fully saturated rings. The third-order valence-corrected chi connectivity index (χ3v) is 3.81. The number of nitrogens with zero attached hydrogens (tertiary/aromatic N) is 3. The van der Waals surface area contributed by atoms with Gasteiger partial charge < -0.3 is 15.0 Å². The summed E-state index contributed by atoms with van der Waals surface area (Å²) in [5.74, 6) is 3.67. The molecule has 0 aliphatic heterocycles. The highest BCUT2D eigenvalue weighted by Gasteiger charge is 2.21. The number of nitrogens with one attached hydrogen (secondary N) is 1. The summed E-state index contributed by atoms with van der Waals surface area (Å²) in [6, 6.07) is 0. The first-order valence-corrected chi connectivity index (χ1v) is 8.05. The number of rotatable bonds is 9. The summed E-state index contributed by atoms with van der Waals surface area (Å²) in [6.45, 7) is 9.65. The second-order valence-corrected chi connectivity index (χ2v) is 5.76. The van der Waals surface area contributed by atoms with E-state index < -0.39 is 0 Å². The highest BCUT2D eigenvalue weighted by Crippen LogP contribution is 2.28. The lowest BCUT2D eigenvalue weighted by Gasteiger charge is -2.22. The molecule has 118 valence electrons. The van der Waals surface area contributed by atoms with Crippen LogP contribution >= 0.6 is 0 Å². The van der Waals surface area contributed by atoms with Crippen molar-refractivity contribution in [2.24, 2.45) is 5.92 Å². The Labute approximate surface area is 128 Å². The van der Waals surface area contributed by atoms with Crippen molar-refractivity contribution in [2.45, 2.75) is 40.0 Å². The van der Waals surface area contributed by atoms with Gasteiger partial charge in [0.2, 0.25) is 0 Å². The molecule has 1 aliphatic rings. The maximum Gasteiger partial charge on any atom is 0.137 e. The summed E-state index contributed by atoms with van der Waals surface area (Å²) in [7, 11) is 2.07. The minimum Gasteiger partial charge on any atom is -0.379 e. The molecule has 2 rings (SSSR count). The van der Waals surface area contributed by atoms with E-state index in [1.807, 2.05) is 0 Å². The van der Waals surface area contributed by atoms with E-state index in [1.54, 1.807) is 0 Å². The van der Waals surface area contributed by atoms with Gasteiger partial charge in [-0.25, -0.2) is 9.97 Å². The molecule has 0 radical (unpaired) electrons. The molecule has 0 atom stereocenters. The standard InChI is InChI=1S/C16H28N4O/c1-5-14-18-15(17-6-2)12(3)16(19-14)20(4)9-10-21-11-13-7-8-13/h13H,5-11H2,1-4H3,(H,17,18,19). The third-order valence-electron chi connectivity index (χ3n) is 3.81. The third kappa shape index (κ3) is 4.56. The lowest BCUT2D eigenvalue weighted by molar-refractivity contribution is 0.130. The number of likely N-dealkylation sites (N-methyl/N-ethyl adjacent to an activating group) is 1. The molecule has 1 N–H and O–H groups in total. The fourth-order valence-corrected chi connectivity index (χ4v) is 2.26. The Hall–Kier alpha value is -1.36. The van der Waals surface area contributed by atoms with E-state index in [1.165, 1.54) is 12.8 Å². The molecule has 1 aromatic rings. The van der Waals surface area contributed by atoms with Gasteiger partial charge in [0, 0.05) is 38.7 Å². The molecule has 0 bridgehead atoms. The molecular weight excluding hydrogens is 264 g/mol. The summed E-state index contributed by atoms with van der Waals surface area (Å²) in [6.07, 6.45) is 3.53. The molecule has 0 saturated heterocycles. The Morgan fingerprint density at radius 1 is 1.29 bits per heavy atom. The van der Waals surface area contributed by atoms with Gasteiger partial charge in [0.1, 0.15) is 17.5 Å². The maximum absolute atomic E-state index is 5.72. The molecule has 0 spiro atoms. The van der Waals surface area contributed by atoms with Crippen molar-refractivity contribution in [1.82, 2.24) is 9.97 Å². The smallest absolute Gasteiger partial charge is 0.137 e. The SMILES string of the molecule is CCNc1nc(CC)nc(N(C)CCOCC2CC2)c1C. The Balaban J connectivity index is 1.99. The highest BCUT2D eigenvalue weighted by molar-refractivity contribution is 5.58. The van der Waals surface area contributed by atoms with Crippen molar-refractivity contribution in [2.75, 3.05) is 43.6 Å². The number of aryl methyl sites for hydroxylation is 1. The minimum atomic E-state index is 0.758. The summed E-state index contributed by atoms with van der Waals surface area (Å²) < 4.78 is 5.72. The van der Waals surface area contributed by atoms with Crippen LogP contribution in [-0.4, -0.2) is 43.3 Å². The normalized spacial score (nSPS) is 14.3. The van der Waals surface area contributed by atoms with Gasteiger partial charge in [0.15, 0.2) is 0 Å². The molecule has 1 aliphatic carbocycles. The molecule has 5 heteroatoms. The Morgan fingerprint density at radius 2 is 2.05 bits per heavy atom. The van der Waals surface area contributed by atoms with E-state index >= 15 is 0 Å². The van der Waals surface area contributed by atoms with Crippen molar-refractivity contribution in [3.05, 3.63) is 11.4 Å². The molecule has 5 nitrogen and oxygen atoms in total. The van der Waals surface area contributed by atoms with Crippen molar-refractivity contribution in [1.29, 1.82) is 0 Å². The summed E-state index contributed by atoms with van der Waals surface area (Å²) in [5.41, 5.74) is 1.11. The van der Waals surface area contributed by atoms with Crippen molar-refractivity contribution < 1.29 is 4.74 Å². The van der Waals surface area contributed by atoms with Crippen LogP contribution in [-0.2, 0) is 11.2 Å². The predicted molar refractivity (Wildman–Crippen MR) is 87.1 cm³/mol. The Morgan fingerprint density at radius 3 is 2.67 bits per heavy atom. The number of anilines is 2. The maximum atomic E-state index is 5.72. The van der Waals surface area contributed by atoms with Gasteiger partial charge in [0.25, 0.3) is 0 Å². The van der Waals surface area contributed by atoms with E-state index in [9.17, 15) is 0 Å². The van der Waals surface area contributed by atoms with Crippen LogP contribution < -0.4 is 10.2 Å². The van der Waals surface area contributed by atoms with Crippen molar-refractivity contribution in [3.63, 3.8) is 0 Å². The highest BCUT2D eigenvalue weighted by atomic mass is 16.5. The van der Waals surface area contributed by atoms with Gasteiger partial charge in [-0.1, -0.05) is 6.92 Å². The zero-order valence-corrected chi connectivity index (χ0v) is 13.8. The van der Waals surface area contributed by atoms with Crippen LogP contribution in [0.1, 0.15) is 38.1 Å². The van der Waals surface area contributed by atoms with Gasteiger partial charge in [-0.05, 0) is 32.6 Å². The van der Waals surface area contributed by atoms with E-state index in [0.29, 0.717) is 0 Å². The number of ether oxygens (including phenoxy) is 1. The first-order chi connectivity index (χ1) is 10.2. The molecule has 21 heavy (non-hydrogen) atoms. The molecule has 1 heterocycles. The molecule has 0 unspecified atom stereocenters. The van der Waals surface area contributed by atoms with Gasteiger partial charge >= 0.3 is 0 Å². The largest absolute Gasteiger partial charge is 0.379 e. The van der Waals surface area contributed by atoms with Crippen LogP contribution in [0.2, 0.25) is 0 Å². The van der Waals surface area contributed by atoms with Gasteiger partial charge in [-0.15, -0.1) is 0 Å². The van der Waals surface area contributed by atoms with Gasteiger partial charge in [-0.3, -0.25) is 0 Å². The van der Waals surface area contributed by atoms with E-state index in [4.69, 9.17) is 4.74 Å². The van der Waals surface area contributed by atoms with Crippen molar-refractivity contribution >= 4 is 11.6 Å². The average Bonchev–Trinajstić information content (AvgIpc) is 3.30. The summed E-state index contributed by atoms with van der Waals surface area (Å²) in [4.78, 5) is 11.4. The average molecular weight is 292 g/mol. The van der Waals surface area contributed by atoms with Crippen molar-refractivity contribution in [3.8, 4) is 0 Å². The first kappa shape index (κ1) is 16.0. The Bertz CT molecular complexity index is 460. The molecule has 1 aromatic heterocycles. The quantitative estimate of drug-likeness (QED) is 0.709. The van der Waals surface area contributed by atoms with E-state index in [0.717, 1.165) is 61.7 Å². The van der Waals surface area contributed by atoms with Crippen LogP contribution in [0.15, 0.2) is 0 Å². The second kappa shape index (κ2) is 7.59. The molecule has 1 saturated carbocycles. The zero-order chi connectivity index (χ0) is 15.2. The lowest BCUT2D eigenvalue weighted by Crippen LogP contribution is -2.26. The minimum absolute atomic E-state index is 0.758. The number of hydrogen-bond acceptors (Lipinski definition) is 5. The van der Waals surface area contributed by atoms with Crippen LogP contribution in [0.3, 0.4) is 0 Å². The van der Waals surface area contributed by atoms with Crippen LogP contribution in [0.25, 0.3) is 0 Å². The summed E-state index contributed by atoms with van der Waals surface area (Å²) in [5, 5.41) is 3.33. The monoisotopic (exact) mass is 292 g/mol. The van der Waals surface area contributed by atoms with Crippen LogP contribution in [0.5, 0.6) is 0 Å². The zero-order valence-electron chi connectivity index (χ0n) is 13.8. The summed E-state index contributed by atoms with van der Waals surface area (Å²) >= 11 is 0. The Kier molecular flexibility index (Phi) is 5.79. The predicted octanol–water partition coefficient (Wildman–Crippen LogP) is 2.64. The van der Waals surface area contributed by atoms with Gasteiger partial charge in [-0.2, -0.15) is 0 Å². The molecule has 0 amide bonds. The topological polar surface area (TPSA) is 50.3 Å². The molecular formula is C16H28N4O. The van der Waals surface area contributed by atoms with Crippen LogP contribution in [0.4, 0.5) is 11.6 Å². The van der Waals surface area contributed by atoms with Gasteiger partial charge in [0.05, 0.1) is 6.61 Å². The van der Waals surface area contributed by atoms with E-state index in [-0.39, 0.29) is 0 Å². The van der Waals surface area contributed by atoms with E-state index in [2.05, 4.69) is 48.0 Å².